The molecule has 2 heterocycles. The first kappa shape index (κ1) is 14.7. The third-order valence-corrected chi connectivity index (χ3v) is 4.16. The van der Waals surface area contributed by atoms with Crippen LogP contribution in [0.2, 0.25) is 0 Å². The molecule has 0 saturated heterocycles. The molecule has 0 unspecified atom stereocenters. The van der Waals surface area contributed by atoms with E-state index in [-0.39, 0.29) is 5.97 Å². The number of hydrogen-bond donors (Lipinski definition) is 1. The predicted molar refractivity (Wildman–Crippen MR) is 87.7 cm³/mol. The molecule has 112 valence electrons. The fraction of sp³-hybridized carbons (Fsp3) is 0.188. The van der Waals surface area contributed by atoms with Gasteiger partial charge >= 0.3 is 5.97 Å². The van der Waals surface area contributed by atoms with Gasteiger partial charge in [-0.25, -0.2) is 14.8 Å². The maximum absolute atomic E-state index is 11.8. The van der Waals surface area contributed by atoms with Gasteiger partial charge in [-0.05, 0) is 47.5 Å². The summed E-state index contributed by atoms with van der Waals surface area (Å²) >= 11 is 3.46. The van der Waals surface area contributed by atoms with E-state index in [1.54, 1.807) is 25.3 Å². The molecule has 0 radical (unpaired) electrons. The molecule has 1 N–H and O–H groups in total. The maximum Gasteiger partial charge on any atom is 0.338 e. The number of carbonyl (C=O) groups is 1. The van der Waals surface area contributed by atoms with Gasteiger partial charge in [0.1, 0.15) is 5.82 Å². The first-order chi connectivity index (χ1) is 10.6. The Morgan fingerprint density at radius 2 is 2.23 bits per heavy atom. The summed E-state index contributed by atoms with van der Waals surface area (Å²) in [5.74, 6) is 0.340. The number of fused-ring (bicyclic) bond motifs is 1. The number of pyridine rings is 1. The van der Waals surface area contributed by atoms with E-state index in [0.717, 1.165) is 21.1 Å². The van der Waals surface area contributed by atoms with Gasteiger partial charge in [0.15, 0.2) is 5.65 Å². The number of hydrogen-bond acceptors (Lipinski definition) is 4. The van der Waals surface area contributed by atoms with Gasteiger partial charge < -0.3 is 9.72 Å². The number of nitrogens with zero attached hydrogens (tertiary/aromatic N) is 2. The van der Waals surface area contributed by atoms with Gasteiger partial charge in [-0.2, -0.15) is 0 Å². The van der Waals surface area contributed by atoms with Gasteiger partial charge in [-0.3, -0.25) is 0 Å². The van der Waals surface area contributed by atoms with E-state index < -0.39 is 0 Å². The molecule has 2 aromatic heterocycles. The van der Waals surface area contributed by atoms with E-state index in [9.17, 15) is 4.79 Å². The number of aryl methyl sites for hydroxylation is 1. The number of carbonyl (C=O) groups excluding carboxylic acids is 1. The van der Waals surface area contributed by atoms with Crippen molar-refractivity contribution in [1.29, 1.82) is 0 Å². The molecule has 0 amide bonds. The van der Waals surface area contributed by atoms with Crippen LogP contribution in [-0.4, -0.2) is 27.5 Å². The third-order valence-electron chi connectivity index (χ3n) is 3.37. The smallest absolute Gasteiger partial charge is 0.338 e. The highest BCUT2D eigenvalue weighted by Crippen LogP contribution is 2.26. The molecule has 3 rings (SSSR count). The lowest BCUT2D eigenvalue weighted by atomic mass is 10.1. The van der Waals surface area contributed by atoms with Crippen LogP contribution < -0.4 is 0 Å². The molecule has 0 aliphatic rings. The van der Waals surface area contributed by atoms with E-state index in [1.165, 1.54) is 0 Å². The highest BCUT2D eigenvalue weighted by Gasteiger charge is 2.12. The first-order valence-corrected chi connectivity index (χ1v) is 7.68. The summed E-state index contributed by atoms with van der Waals surface area (Å²) in [6.07, 6.45) is 1.73. The van der Waals surface area contributed by atoms with Crippen LogP contribution in [-0.2, 0) is 4.74 Å². The summed E-state index contributed by atoms with van der Waals surface area (Å²) in [4.78, 5) is 23.9. The van der Waals surface area contributed by atoms with Crippen LogP contribution in [0.25, 0.3) is 22.6 Å². The number of nitrogens with one attached hydrogen (secondary N) is 1. The molecule has 1 aromatic carbocycles. The lowest BCUT2D eigenvalue weighted by Crippen LogP contribution is -2.04. The zero-order chi connectivity index (χ0) is 15.7. The van der Waals surface area contributed by atoms with Crippen molar-refractivity contribution in [2.24, 2.45) is 0 Å². The van der Waals surface area contributed by atoms with E-state index in [4.69, 9.17) is 4.74 Å². The monoisotopic (exact) mass is 359 g/mol. The second-order valence-corrected chi connectivity index (χ2v) is 5.67. The summed E-state index contributed by atoms with van der Waals surface area (Å²) in [6, 6.07) is 7.19. The van der Waals surface area contributed by atoms with Crippen LogP contribution in [0, 0.1) is 6.92 Å². The van der Waals surface area contributed by atoms with Gasteiger partial charge in [0.2, 0.25) is 0 Å². The molecule has 22 heavy (non-hydrogen) atoms. The number of halogens is 1. The Kier molecular flexibility index (Phi) is 3.94. The SMILES string of the molecule is CCOC(=O)c1cccc(-c2nc3ncc(Br)c(C)c3[nH]2)c1. The Hall–Kier alpha value is -2.21. The van der Waals surface area contributed by atoms with Gasteiger partial charge in [0.25, 0.3) is 0 Å². The quantitative estimate of drug-likeness (QED) is 0.720. The predicted octanol–water partition coefficient (Wildman–Crippen LogP) is 3.87. The molecular weight excluding hydrogens is 346 g/mol. The molecule has 5 nitrogen and oxygen atoms in total. The van der Waals surface area contributed by atoms with Crippen molar-refractivity contribution < 1.29 is 9.53 Å². The number of aromatic amines is 1. The number of aromatic nitrogens is 3. The van der Waals surface area contributed by atoms with Gasteiger partial charge in [0.05, 0.1) is 17.7 Å². The first-order valence-electron chi connectivity index (χ1n) is 6.88. The maximum atomic E-state index is 11.8. The van der Waals surface area contributed by atoms with Crippen LogP contribution in [0.5, 0.6) is 0 Å². The number of rotatable bonds is 3. The summed E-state index contributed by atoms with van der Waals surface area (Å²) in [5, 5.41) is 0. The minimum Gasteiger partial charge on any atom is -0.462 e. The minimum atomic E-state index is -0.336. The number of benzene rings is 1. The van der Waals surface area contributed by atoms with Crippen LogP contribution in [0.4, 0.5) is 0 Å². The topological polar surface area (TPSA) is 67.9 Å². The molecular formula is C16H14BrN3O2. The number of imidazole rings is 1. The largest absolute Gasteiger partial charge is 0.462 e. The van der Waals surface area contributed by atoms with Gasteiger partial charge in [0, 0.05) is 16.2 Å². The lowest BCUT2D eigenvalue weighted by molar-refractivity contribution is 0.0526. The summed E-state index contributed by atoms with van der Waals surface area (Å²) in [5.41, 5.74) is 3.90. The van der Waals surface area contributed by atoms with Gasteiger partial charge in [-0.15, -0.1) is 0 Å². The zero-order valence-electron chi connectivity index (χ0n) is 12.2. The van der Waals surface area contributed by atoms with Gasteiger partial charge in [-0.1, -0.05) is 12.1 Å². The zero-order valence-corrected chi connectivity index (χ0v) is 13.8. The standard InChI is InChI=1S/C16H14BrN3O2/c1-3-22-16(21)11-6-4-5-10(7-11)14-19-13-9(2)12(17)8-18-15(13)20-14/h4-8H,3H2,1-2H3,(H,18,19,20). The van der Waals surface area contributed by atoms with Crippen molar-refractivity contribution >= 4 is 33.1 Å². The number of esters is 1. The Morgan fingerprint density at radius 1 is 1.41 bits per heavy atom. The normalized spacial score (nSPS) is 10.9. The fourth-order valence-electron chi connectivity index (χ4n) is 2.20. The van der Waals surface area contributed by atoms with Crippen molar-refractivity contribution in [1.82, 2.24) is 15.0 Å². The molecule has 0 aliphatic heterocycles. The molecule has 3 aromatic rings. The van der Waals surface area contributed by atoms with Crippen LogP contribution in [0.15, 0.2) is 34.9 Å². The Labute approximate surface area is 135 Å². The van der Waals surface area contributed by atoms with Crippen LogP contribution in [0.1, 0.15) is 22.8 Å². The molecule has 0 spiro atoms. The third kappa shape index (κ3) is 2.62. The molecule has 0 atom stereocenters. The fourth-order valence-corrected chi connectivity index (χ4v) is 2.50. The Balaban J connectivity index is 2.06. The highest BCUT2D eigenvalue weighted by atomic mass is 79.9. The average molecular weight is 360 g/mol. The van der Waals surface area contributed by atoms with Crippen molar-refractivity contribution in [3.05, 3.63) is 46.1 Å². The Bertz CT molecular complexity index is 858. The molecule has 0 aliphatic carbocycles. The molecule has 0 bridgehead atoms. The summed E-state index contributed by atoms with van der Waals surface area (Å²) in [7, 11) is 0. The average Bonchev–Trinajstić information content (AvgIpc) is 2.96. The Morgan fingerprint density at radius 3 is 3.00 bits per heavy atom. The van der Waals surface area contributed by atoms with Crippen LogP contribution >= 0.6 is 15.9 Å². The van der Waals surface area contributed by atoms with Crippen molar-refractivity contribution in [3.8, 4) is 11.4 Å². The van der Waals surface area contributed by atoms with Crippen molar-refractivity contribution in [2.75, 3.05) is 6.61 Å². The second kappa shape index (κ2) is 5.88. The molecule has 0 saturated carbocycles. The van der Waals surface area contributed by atoms with E-state index in [0.29, 0.717) is 23.6 Å². The van der Waals surface area contributed by atoms with E-state index in [2.05, 4.69) is 30.9 Å². The number of ether oxygens (including phenoxy) is 1. The van der Waals surface area contributed by atoms with Crippen LogP contribution in [0.3, 0.4) is 0 Å². The number of H-pyrrole nitrogens is 1. The van der Waals surface area contributed by atoms with Crippen molar-refractivity contribution in [3.63, 3.8) is 0 Å². The minimum absolute atomic E-state index is 0.336. The second-order valence-electron chi connectivity index (χ2n) is 4.82. The van der Waals surface area contributed by atoms with E-state index >= 15 is 0 Å². The molecule has 0 fully saturated rings. The highest BCUT2D eigenvalue weighted by molar-refractivity contribution is 9.10. The van der Waals surface area contributed by atoms with Crippen molar-refractivity contribution in [2.45, 2.75) is 13.8 Å². The summed E-state index contributed by atoms with van der Waals surface area (Å²) in [6.45, 7) is 4.13. The molecule has 6 heteroatoms. The summed E-state index contributed by atoms with van der Waals surface area (Å²) < 4.78 is 5.95. The van der Waals surface area contributed by atoms with E-state index in [1.807, 2.05) is 19.1 Å². The lowest BCUT2D eigenvalue weighted by Gasteiger charge is -2.03.